The van der Waals surface area contributed by atoms with Crippen LogP contribution in [-0.4, -0.2) is 47.7 Å². The number of ether oxygens (including phenoxy) is 2. The number of benzene rings is 1. The Balaban J connectivity index is 1.43. The summed E-state index contributed by atoms with van der Waals surface area (Å²) in [5, 5.41) is 1.79. The Bertz CT molecular complexity index is 1250. The van der Waals surface area contributed by atoms with Crippen LogP contribution < -0.4 is 20.7 Å². The quantitative estimate of drug-likeness (QED) is 0.615. The van der Waals surface area contributed by atoms with Crippen molar-refractivity contribution in [2.24, 2.45) is 0 Å². The molecule has 2 aromatic heterocycles. The van der Waals surface area contributed by atoms with Gasteiger partial charge in [0.25, 0.3) is 5.56 Å². The fourth-order valence-electron chi connectivity index (χ4n) is 3.86. The molecule has 31 heavy (non-hydrogen) atoms. The molecule has 9 heteroatoms. The first-order valence-corrected chi connectivity index (χ1v) is 10.8. The largest absolute Gasteiger partial charge is 0.493 e. The Morgan fingerprint density at radius 1 is 1.13 bits per heavy atom. The van der Waals surface area contributed by atoms with Gasteiger partial charge in [-0.25, -0.2) is 4.79 Å². The van der Waals surface area contributed by atoms with E-state index in [2.05, 4.69) is 4.98 Å². The molecule has 0 unspecified atom stereocenters. The molecule has 162 valence electrons. The molecule has 0 saturated carbocycles. The summed E-state index contributed by atoms with van der Waals surface area (Å²) < 4.78 is 12.4. The second-order valence-corrected chi connectivity index (χ2v) is 8.19. The third-order valence-corrected chi connectivity index (χ3v) is 6.41. The first kappa shape index (κ1) is 20.9. The number of piperidine rings is 1. The van der Waals surface area contributed by atoms with Gasteiger partial charge < -0.3 is 19.4 Å². The monoisotopic (exact) mass is 441 g/mol. The van der Waals surface area contributed by atoms with Crippen LogP contribution in [0.4, 0.5) is 0 Å². The summed E-state index contributed by atoms with van der Waals surface area (Å²) in [6.45, 7) is 0.961. The van der Waals surface area contributed by atoms with Crippen LogP contribution >= 0.6 is 11.3 Å². The highest BCUT2D eigenvalue weighted by Gasteiger charge is 2.25. The van der Waals surface area contributed by atoms with Crippen molar-refractivity contribution < 1.29 is 14.3 Å². The van der Waals surface area contributed by atoms with Gasteiger partial charge in [-0.15, -0.1) is 11.3 Å². The number of hydrogen-bond acceptors (Lipinski definition) is 6. The van der Waals surface area contributed by atoms with Gasteiger partial charge >= 0.3 is 5.69 Å². The Morgan fingerprint density at radius 3 is 2.58 bits per heavy atom. The van der Waals surface area contributed by atoms with E-state index in [1.54, 1.807) is 48.8 Å². The van der Waals surface area contributed by atoms with Gasteiger partial charge in [0.05, 0.1) is 19.7 Å². The van der Waals surface area contributed by atoms with E-state index in [0.717, 1.165) is 5.56 Å². The summed E-state index contributed by atoms with van der Waals surface area (Å²) >= 11 is 1.32. The molecule has 0 radical (unpaired) electrons. The van der Waals surface area contributed by atoms with Crippen molar-refractivity contribution in [3.63, 3.8) is 0 Å². The van der Waals surface area contributed by atoms with Crippen molar-refractivity contribution in [3.8, 4) is 11.5 Å². The first-order valence-electron chi connectivity index (χ1n) is 9.93. The number of methoxy groups -OCH3 is 2. The molecule has 1 fully saturated rings. The number of nitrogens with zero attached hydrogens (tertiary/aromatic N) is 2. The SMILES string of the molecule is COc1ccc(/C=C/C(=O)N2CCC(n3c(=O)[nH]c4ccsc4c3=O)CC2)cc1OC. The van der Waals surface area contributed by atoms with Crippen molar-refractivity contribution in [1.82, 2.24) is 14.5 Å². The van der Waals surface area contributed by atoms with E-state index in [-0.39, 0.29) is 17.5 Å². The summed E-state index contributed by atoms with van der Waals surface area (Å²) in [6.07, 6.45) is 4.36. The minimum absolute atomic E-state index is 0.108. The Labute approximate surface area is 182 Å². The van der Waals surface area contributed by atoms with Gasteiger partial charge in [-0.1, -0.05) is 6.07 Å². The highest BCUT2D eigenvalue weighted by Crippen LogP contribution is 2.28. The zero-order valence-corrected chi connectivity index (χ0v) is 18.1. The van der Waals surface area contributed by atoms with E-state index >= 15 is 0 Å². The Kier molecular flexibility index (Phi) is 5.94. The van der Waals surface area contributed by atoms with Crippen molar-refractivity contribution >= 4 is 33.5 Å². The Hall–Kier alpha value is -3.33. The molecule has 1 aliphatic heterocycles. The van der Waals surface area contributed by atoms with Crippen LogP contribution in [0.25, 0.3) is 16.3 Å². The maximum Gasteiger partial charge on any atom is 0.329 e. The molecule has 3 aromatic rings. The number of aromatic nitrogens is 2. The summed E-state index contributed by atoms with van der Waals surface area (Å²) in [6, 6.07) is 6.94. The number of fused-ring (bicyclic) bond motifs is 1. The number of rotatable bonds is 5. The van der Waals surface area contributed by atoms with Gasteiger partial charge in [-0.05, 0) is 48.1 Å². The van der Waals surface area contributed by atoms with E-state index in [0.29, 0.717) is 47.6 Å². The van der Waals surface area contributed by atoms with E-state index in [9.17, 15) is 14.4 Å². The highest BCUT2D eigenvalue weighted by molar-refractivity contribution is 7.17. The lowest BCUT2D eigenvalue weighted by Crippen LogP contribution is -2.44. The van der Waals surface area contributed by atoms with Gasteiger partial charge in [0, 0.05) is 25.2 Å². The number of thiophene rings is 1. The van der Waals surface area contributed by atoms with Crippen molar-refractivity contribution in [3.05, 3.63) is 62.1 Å². The molecule has 8 nitrogen and oxygen atoms in total. The fourth-order valence-corrected chi connectivity index (χ4v) is 4.64. The van der Waals surface area contributed by atoms with Crippen molar-refractivity contribution in [2.75, 3.05) is 27.3 Å². The van der Waals surface area contributed by atoms with Crippen molar-refractivity contribution in [2.45, 2.75) is 18.9 Å². The van der Waals surface area contributed by atoms with Crippen LogP contribution in [0.5, 0.6) is 11.5 Å². The lowest BCUT2D eigenvalue weighted by molar-refractivity contribution is -0.127. The third kappa shape index (κ3) is 4.13. The van der Waals surface area contributed by atoms with Crippen LogP contribution in [0, 0.1) is 0 Å². The number of hydrogen-bond donors (Lipinski definition) is 1. The number of nitrogens with one attached hydrogen (secondary N) is 1. The molecule has 0 aliphatic carbocycles. The van der Waals surface area contributed by atoms with Gasteiger partial charge in [-0.3, -0.25) is 14.2 Å². The van der Waals surface area contributed by atoms with Gasteiger partial charge in [0.2, 0.25) is 5.91 Å². The number of carbonyl (C=O) groups is 1. The summed E-state index contributed by atoms with van der Waals surface area (Å²) in [5.74, 6) is 1.11. The molecule has 1 aromatic carbocycles. The Morgan fingerprint density at radius 2 is 1.87 bits per heavy atom. The third-order valence-electron chi connectivity index (χ3n) is 5.51. The van der Waals surface area contributed by atoms with Gasteiger partial charge in [0.15, 0.2) is 11.5 Å². The topological polar surface area (TPSA) is 93.6 Å². The predicted molar refractivity (Wildman–Crippen MR) is 120 cm³/mol. The van der Waals surface area contributed by atoms with Crippen LogP contribution in [0.1, 0.15) is 24.4 Å². The van der Waals surface area contributed by atoms with Gasteiger partial charge in [-0.2, -0.15) is 0 Å². The molecule has 1 N–H and O–H groups in total. The van der Waals surface area contributed by atoms with Gasteiger partial charge in [0.1, 0.15) is 4.70 Å². The standard InChI is InChI=1S/C22H23N3O5S/c1-29-17-5-3-14(13-18(17)30-2)4-6-19(26)24-10-7-15(8-11-24)25-21(27)20-16(9-12-31-20)23-22(25)28/h3-6,9,12-13,15H,7-8,10-11H2,1-2H3,(H,23,28)/b6-4+. The molecule has 1 aliphatic rings. The zero-order chi connectivity index (χ0) is 22.0. The molecule has 0 atom stereocenters. The molecular weight excluding hydrogens is 418 g/mol. The summed E-state index contributed by atoms with van der Waals surface area (Å²) in [7, 11) is 3.13. The minimum atomic E-state index is -0.394. The first-order chi connectivity index (χ1) is 15.0. The lowest BCUT2D eigenvalue weighted by atomic mass is 10.0. The van der Waals surface area contributed by atoms with Crippen LogP contribution in [0.15, 0.2) is 45.3 Å². The summed E-state index contributed by atoms with van der Waals surface area (Å²) in [4.78, 5) is 42.3. The normalized spacial score (nSPS) is 15.0. The average Bonchev–Trinajstić information content (AvgIpc) is 3.26. The maximum absolute atomic E-state index is 12.7. The highest BCUT2D eigenvalue weighted by atomic mass is 32.1. The minimum Gasteiger partial charge on any atom is -0.493 e. The van der Waals surface area contributed by atoms with E-state index < -0.39 is 5.69 Å². The second-order valence-electron chi connectivity index (χ2n) is 7.27. The van der Waals surface area contributed by atoms with E-state index in [4.69, 9.17) is 9.47 Å². The smallest absolute Gasteiger partial charge is 0.329 e. The molecule has 0 bridgehead atoms. The summed E-state index contributed by atoms with van der Waals surface area (Å²) in [5.41, 5.74) is 0.744. The molecule has 0 spiro atoms. The predicted octanol–water partition coefficient (Wildman–Crippen LogP) is 2.65. The lowest BCUT2D eigenvalue weighted by Gasteiger charge is -2.31. The number of amides is 1. The molecule has 1 saturated heterocycles. The average molecular weight is 442 g/mol. The van der Waals surface area contributed by atoms with Crippen LogP contribution in [0.3, 0.4) is 0 Å². The van der Waals surface area contributed by atoms with Crippen molar-refractivity contribution in [1.29, 1.82) is 0 Å². The van der Waals surface area contributed by atoms with Crippen LogP contribution in [-0.2, 0) is 4.79 Å². The molecular formula is C22H23N3O5S. The van der Waals surface area contributed by atoms with E-state index in [1.807, 2.05) is 6.07 Å². The van der Waals surface area contributed by atoms with Crippen LogP contribution in [0.2, 0.25) is 0 Å². The van der Waals surface area contributed by atoms with E-state index in [1.165, 1.54) is 22.0 Å². The molecule has 4 rings (SSSR count). The second kappa shape index (κ2) is 8.81. The molecule has 1 amide bonds. The fraction of sp³-hybridized carbons (Fsp3) is 0.318. The number of aromatic amines is 1. The number of H-pyrrole nitrogens is 1. The molecule has 3 heterocycles. The zero-order valence-electron chi connectivity index (χ0n) is 17.3. The number of carbonyl (C=O) groups excluding carboxylic acids is 1. The number of likely N-dealkylation sites (tertiary alicyclic amines) is 1. The maximum atomic E-state index is 12.7.